The van der Waals surface area contributed by atoms with E-state index in [0.29, 0.717) is 27.6 Å². The molecule has 1 aliphatic heterocycles. The van der Waals surface area contributed by atoms with Crippen LogP contribution >= 0.6 is 23.1 Å². The number of hydrogen-bond donors (Lipinski definition) is 1. The van der Waals surface area contributed by atoms with Crippen LogP contribution in [0, 0.1) is 6.92 Å². The number of rotatable bonds is 7. The van der Waals surface area contributed by atoms with Crippen molar-refractivity contribution in [1.29, 1.82) is 0 Å². The molecule has 1 N–H and O–H groups in total. The average Bonchev–Trinajstić information content (AvgIpc) is 3.23. The molecule has 1 unspecified atom stereocenters. The van der Waals surface area contributed by atoms with Gasteiger partial charge >= 0.3 is 0 Å². The van der Waals surface area contributed by atoms with Crippen molar-refractivity contribution in [3.05, 3.63) is 48.0 Å². The maximum Gasteiger partial charge on any atom is 0.269 e. The summed E-state index contributed by atoms with van der Waals surface area (Å²) >= 11 is 2.80. The Morgan fingerprint density at radius 1 is 1.24 bits per heavy atom. The molecule has 0 fully saturated rings. The standard InChI is InChI=1S/C22H24N4O5S3/c1-13(2)32-22-25-24-21(33-22)23-20(27)19-12-26(17-10-5-14(3)11-18(17)31-19)34(28,29)16-8-6-15(30-4)7-9-16/h5-11,13,19H,12H2,1-4H3,(H,23,24,27). The number of nitrogens with one attached hydrogen (secondary N) is 1. The minimum atomic E-state index is -3.97. The number of fused-ring (bicyclic) bond motifs is 1. The number of amides is 1. The van der Waals surface area contributed by atoms with Gasteiger partial charge in [0.05, 0.1) is 24.2 Å². The fourth-order valence-corrected chi connectivity index (χ4v) is 6.75. The van der Waals surface area contributed by atoms with E-state index in [-0.39, 0.29) is 11.4 Å². The van der Waals surface area contributed by atoms with Crippen LogP contribution in [0.5, 0.6) is 11.5 Å². The minimum Gasteiger partial charge on any atom is -0.497 e. The number of carbonyl (C=O) groups excluding carboxylic acids is 1. The number of carbonyl (C=O) groups is 1. The second-order valence-electron chi connectivity index (χ2n) is 7.82. The smallest absolute Gasteiger partial charge is 0.269 e. The van der Waals surface area contributed by atoms with Crippen LogP contribution in [0.3, 0.4) is 0 Å². The number of ether oxygens (including phenoxy) is 2. The summed E-state index contributed by atoms with van der Waals surface area (Å²) in [6, 6.07) is 11.3. The van der Waals surface area contributed by atoms with Gasteiger partial charge in [-0.25, -0.2) is 8.42 Å². The predicted molar refractivity (Wildman–Crippen MR) is 133 cm³/mol. The largest absolute Gasteiger partial charge is 0.497 e. The molecule has 1 amide bonds. The zero-order chi connectivity index (χ0) is 24.5. The van der Waals surface area contributed by atoms with Gasteiger partial charge in [0.25, 0.3) is 15.9 Å². The molecule has 4 rings (SSSR count). The SMILES string of the molecule is COc1ccc(S(=O)(=O)N2CC(C(=O)Nc3nnc(SC(C)C)s3)Oc3cc(C)ccc32)cc1. The lowest BCUT2D eigenvalue weighted by atomic mass is 10.1. The second-order valence-corrected chi connectivity index (χ2v) is 12.5. The van der Waals surface area contributed by atoms with Crippen LogP contribution in [0.15, 0.2) is 51.7 Å². The highest BCUT2D eigenvalue weighted by molar-refractivity contribution is 8.01. The first kappa shape index (κ1) is 24.3. The normalized spacial score (nSPS) is 15.6. The molecule has 0 aliphatic carbocycles. The van der Waals surface area contributed by atoms with Crippen molar-refractivity contribution < 1.29 is 22.7 Å². The van der Waals surface area contributed by atoms with Crippen molar-refractivity contribution in [2.24, 2.45) is 0 Å². The molecule has 0 saturated heterocycles. The third-order valence-corrected chi connectivity index (χ3v) is 8.62. The van der Waals surface area contributed by atoms with Crippen molar-refractivity contribution >= 4 is 49.8 Å². The maximum absolute atomic E-state index is 13.5. The third kappa shape index (κ3) is 5.13. The van der Waals surface area contributed by atoms with Crippen molar-refractivity contribution in [1.82, 2.24) is 10.2 Å². The number of hydrogen-bond acceptors (Lipinski definition) is 9. The Kier molecular flexibility index (Phi) is 7.01. The van der Waals surface area contributed by atoms with E-state index in [4.69, 9.17) is 9.47 Å². The lowest BCUT2D eigenvalue weighted by Crippen LogP contribution is -2.48. The number of anilines is 2. The molecule has 0 saturated carbocycles. The summed E-state index contributed by atoms with van der Waals surface area (Å²) in [6.07, 6.45) is -1.08. The van der Waals surface area contributed by atoms with E-state index in [1.807, 2.05) is 20.8 Å². The molecule has 180 valence electrons. The fourth-order valence-electron chi connectivity index (χ4n) is 3.30. The van der Waals surface area contributed by atoms with Crippen molar-refractivity contribution in [3.63, 3.8) is 0 Å². The highest BCUT2D eigenvalue weighted by Crippen LogP contribution is 2.38. The van der Waals surface area contributed by atoms with Crippen molar-refractivity contribution in [2.75, 3.05) is 23.3 Å². The monoisotopic (exact) mass is 520 g/mol. The van der Waals surface area contributed by atoms with Crippen LogP contribution in [0.4, 0.5) is 10.8 Å². The molecule has 2 aromatic carbocycles. The summed E-state index contributed by atoms with van der Waals surface area (Å²) in [5.74, 6) is 0.359. The van der Waals surface area contributed by atoms with Gasteiger partial charge in [0, 0.05) is 5.25 Å². The van der Waals surface area contributed by atoms with Gasteiger partial charge in [-0.05, 0) is 48.9 Å². The predicted octanol–water partition coefficient (Wildman–Crippen LogP) is 3.95. The molecule has 0 spiro atoms. The van der Waals surface area contributed by atoms with Crippen LogP contribution in [0.2, 0.25) is 0 Å². The van der Waals surface area contributed by atoms with Crippen LogP contribution in [0.1, 0.15) is 19.4 Å². The molecule has 3 aromatic rings. The van der Waals surface area contributed by atoms with Crippen LogP contribution in [-0.4, -0.2) is 49.5 Å². The zero-order valence-corrected chi connectivity index (χ0v) is 21.5. The van der Waals surface area contributed by atoms with E-state index in [9.17, 15) is 13.2 Å². The first-order chi connectivity index (χ1) is 16.2. The first-order valence-electron chi connectivity index (χ1n) is 10.4. The molecule has 1 atom stereocenters. The highest BCUT2D eigenvalue weighted by Gasteiger charge is 2.38. The van der Waals surface area contributed by atoms with Gasteiger partial charge in [0.15, 0.2) is 10.4 Å². The third-order valence-electron chi connectivity index (χ3n) is 4.90. The fraction of sp³-hybridized carbons (Fsp3) is 0.318. The Hall–Kier alpha value is -2.83. The Labute approximate surface area is 206 Å². The Bertz CT molecular complexity index is 1290. The van der Waals surface area contributed by atoms with Crippen LogP contribution < -0.4 is 19.1 Å². The first-order valence-corrected chi connectivity index (χ1v) is 13.6. The highest BCUT2D eigenvalue weighted by atomic mass is 32.2. The van der Waals surface area contributed by atoms with Crippen LogP contribution in [-0.2, 0) is 14.8 Å². The molecule has 2 heterocycles. The molecule has 1 aromatic heterocycles. The molecule has 9 nitrogen and oxygen atoms in total. The molecule has 0 bridgehead atoms. The van der Waals surface area contributed by atoms with E-state index < -0.39 is 22.0 Å². The van der Waals surface area contributed by atoms with Gasteiger partial charge in [-0.1, -0.05) is 43.0 Å². The van der Waals surface area contributed by atoms with Crippen molar-refractivity contribution in [3.8, 4) is 11.5 Å². The van der Waals surface area contributed by atoms with Gasteiger partial charge in [0.2, 0.25) is 5.13 Å². The number of methoxy groups -OCH3 is 1. The Balaban J connectivity index is 1.62. The summed E-state index contributed by atoms with van der Waals surface area (Å²) in [5.41, 5.74) is 1.25. The number of thioether (sulfide) groups is 1. The Morgan fingerprint density at radius 2 is 1.97 bits per heavy atom. The van der Waals surface area contributed by atoms with Gasteiger partial charge in [0.1, 0.15) is 11.5 Å². The maximum atomic E-state index is 13.5. The quantitative estimate of drug-likeness (QED) is 0.368. The van der Waals surface area contributed by atoms with Gasteiger partial charge < -0.3 is 9.47 Å². The number of benzene rings is 2. The second kappa shape index (κ2) is 9.80. The summed E-state index contributed by atoms with van der Waals surface area (Å²) in [7, 11) is -2.46. The molecular weight excluding hydrogens is 496 g/mol. The molecule has 12 heteroatoms. The lowest BCUT2D eigenvalue weighted by Gasteiger charge is -2.34. The average molecular weight is 521 g/mol. The zero-order valence-electron chi connectivity index (χ0n) is 19.0. The van der Waals surface area contributed by atoms with Crippen molar-refractivity contribution in [2.45, 2.75) is 41.4 Å². The number of nitrogens with zero attached hydrogens (tertiary/aromatic N) is 3. The van der Waals surface area contributed by atoms with Gasteiger partial charge in [-0.2, -0.15) is 0 Å². The molecule has 1 aliphatic rings. The molecular formula is C22H24N4O5S3. The van der Waals surface area contributed by atoms with E-state index >= 15 is 0 Å². The van der Waals surface area contributed by atoms with Gasteiger partial charge in [-0.3, -0.25) is 14.4 Å². The van der Waals surface area contributed by atoms with Gasteiger partial charge in [-0.15, -0.1) is 10.2 Å². The van der Waals surface area contributed by atoms with E-state index in [2.05, 4.69) is 15.5 Å². The van der Waals surface area contributed by atoms with E-state index in [1.165, 1.54) is 34.9 Å². The van der Waals surface area contributed by atoms with E-state index in [0.717, 1.165) is 9.90 Å². The Morgan fingerprint density at radius 3 is 2.65 bits per heavy atom. The summed E-state index contributed by atoms with van der Waals surface area (Å²) in [6.45, 7) is 5.75. The summed E-state index contributed by atoms with van der Waals surface area (Å²) < 4.78 is 40.1. The number of aromatic nitrogens is 2. The molecule has 0 radical (unpaired) electrons. The van der Waals surface area contributed by atoms with E-state index in [1.54, 1.807) is 42.1 Å². The summed E-state index contributed by atoms with van der Waals surface area (Å²) in [4.78, 5) is 13.1. The summed E-state index contributed by atoms with van der Waals surface area (Å²) in [5, 5.41) is 11.4. The lowest BCUT2D eigenvalue weighted by molar-refractivity contribution is -0.122. The number of aryl methyl sites for hydroxylation is 1. The molecule has 34 heavy (non-hydrogen) atoms. The minimum absolute atomic E-state index is 0.0837. The van der Waals surface area contributed by atoms with Crippen LogP contribution in [0.25, 0.3) is 0 Å². The number of sulfonamides is 1. The topological polar surface area (TPSA) is 111 Å².